The molecule has 1 amide bonds. The van der Waals surface area contributed by atoms with Crippen molar-refractivity contribution in [1.29, 1.82) is 0 Å². The standard InChI is InChI=1S/C14H18ClNO2/c1-9(2)8-16(11-4-5-11)14(18)12-7-10(15)3-6-13(12)17/h3,6-7,9,11,17H,4-5,8H2,1-2H3. The van der Waals surface area contributed by atoms with Crippen molar-refractivity contribution < 1.29 is 9.90 Å². The molecule has 0 saturated heterocycles. The summed E-state index contributed by atoms with van der Waals surface area (Å²) >= 11 is 5.88. The average Bonchev–Trinajstić information content (AvgIpc) is 3.12. The van der Waals surface area contributed by atoms with E-state index in [4.69, 9.17) is 11.6 Å². The van der Waals surface area contributed by atoms with Gasteiger partial charge in [0.1, 0.15) is 5.75 Å². The van der Waals surface area contributed by atoms with Crippen LogP contribution < -0.4 is 0 Å². The Bertz CT molecular complexity index is 455. The van der Waals surface area contributed by atoms with Gasteiger partial charge in [-0.05, 0) is 37.0 Å². The van der Waals surface area contributed by atoms with Crippen molar-refractivity contribution in [3.63, 3.8) is 0 Å². The summed E-state index contributed by atoms with van der Waals surface area (Å²) in [5.74, 6) is 0.292. The lowest BCUT2D eigenvalue weighted by atomic mass is 10.1. The van der Waals surface area contributed by atoms with Crippen LogP contribution in [0.15, 0.2) is 18.2 Å². The second-order valence-electron chi connectivity index (χ2n) is 5.24. The average molecular weight is 268 g/mol. The van der Waals surface area contributed by atoms with Crippen molar-refractivity contribution in [1.82, 2.24) is 4.90 Å². The topological polar surface area (TPSA) is 40.5 Å². The van der Waals surface area contributed by atoms with Gasteiger partial charge in [0.05, 0.1) is 5.56 Å². The zero-order chi connectivity index (χ0) is 13.3. The highest BCUT2D eigenvalue weighted by Gasteiger charge is 2.34. The SMILES string of the molecule is CC(C)CN(C(=O)c1cc(Cl)ccc1O)C1CC1. The third-order valence-electron chi connectivity index (χ3n) is 3.00. The molecular weight excluding hydrogens is 250 g/mol. The Hall–Kier alpha value is -1.22. The Labute approximate surface area is 112 Å². The summed E-state index contributed by atoms with van der Waals surface area (Å²) in [5, 5.41) is 10.3. The quantitative estimate of drug-likeness (QED) is 0.909. The van der Waals surface area contributed by atoms with Crippen LogP contribution in [0.25, 0.3) is 0 Å². The maximum atomic E-state index is 12.4. The van der Waals surface area contributed by atoms with Crippen molar-refractivity contribution in [2.45, 2.75) is 32.7 Å². The normalized spacial score (nSPS) is 14.9. The third-order valence-corrected chi connectivity index (χ3v) is 3.23. The molecule has 0 radical (unpaired) electrons. The van der Waals surface area contributed by atoms with E-state index in [1.807, 2.05) is 4.90 Å². The van der Waals surface area contributed by atoms with Crippen molar-refractivity contribution in [3.05, 3.63) is 28.8 Å². The van der Waals surface area contributed by atoms with Gasteiger partial charge in [0.15, 0.2) is 0 Å². The Balaban J connectivity index is 2.24. The molecule has 1 fully saturated rings. The van der Waals surface area contributed by atoms with Crippen LogP contribution in [0.3, 0.4) is 0 Å². The van der Waals surface area contributed by atoms with E-state index in [-0.39, 0.29) is 11.7 Å². The highest BCUT2D eigenvalue weighted by atomic mass is 35.5. The van der Waals surface area contributed by atoms with E-state index in [1.54, 1.807) is 6.07 Å². The first kappa shape index (κ1) is 13.2. The van der Waals surface area contributed by atoms with E-state index in [0.717, 1.165) is 19.4 Å². The van der Waals surface area contributed by atoms with Crippen LogP contribution in [0.4, 0.5) is 0 Å². The maximum Gasteiger partial charge on any atom is 0.257 e. The number of nitrogens with zero attached hydrogens (tertiary/aromatic N) is 1. The molecule has 2 rings (SSSR count). The Morgan fingerprint density at radius 3 is 2.72 bits per heavy atom. The molecule has 1 aromatic rings. The smallest absolute Gasteiger partial charge is 0.257 e. The van der Waals surface area contributed by atoms with E-state index in [2.05, 4.69) is 13.8 Å². The van der Waals surface area contributed by atoms with Gasteiger partial charge in [-0.15, -0.1) is 0 Å². The molecule has 0 aliphatic heterocycles. The van der Waals surface area contributed by atoms with Gasteiger partial charge in [-0.25, -0.2) is 0 Å². The molecule has 0 spiro atoms. The van der Waals surface area contributed by atoms with Crippen LogP contribution in [0, 0.1) is 5.92 Å². The number of halogens is 1. The first-order valence-corrected chi connectivity index (χ1v) is 6.66. The van der Waals surface area contributed by atoms with Gasteiger partial charge in [-0.1, -0.05) is 25.4 Å². The highest BCUT2D eigenvalue weighted by Crippen LogP contribution is 2.31. The number of benzene rings is 1. The molecule has 0 atom stereocenters. The number of rotatable bonds is 4. The van der Waals surface area contributed by atoms with Crippen molar-refractivity contribution in [2.75, 3.05) is 6.54 Å². The number of phenolic OH excluding ortho intramolecular Hbond substituents is 1. The predicted octanol–water partition coefficient (Wildman–Crippen LogP) is 3.31. The maximum absolute atomic E-state index is 12.4. The number of hydrogen-bond acceptors (Lipinski definition) is 2. The molecule has 1 saturated carbocycles. The van der Waals surface area contributed by atoms with Crippen LogP contribution in [0.2, 0.25) is 5.02 Å². The van der Waals surface area contributed by atoms with Gasteiger partial charge in [-0.2, -0.15) is 0 Å². The van der Waals surface area contributed by atoms with E-state index < -0.39 is 0 Å². The monoisotopic (exact) mass is 267 g/mol. The summed E-state index contributed by atoms with van der Waals surface area (Å²) in [6.07, 6.45) is 2.11. The Kier molecular flexibility index (Phi) is 3.81. The first-order chi connectivity index (χ1) is 8.49. The third kappa shape index (κ3) is 2.96. The van der Waals surface area contributed by atoms with Gasteiger partial charge in [0, 0.05) is 17.6 Å². The molecule has 1 N–H and O–H groups in total. The molecule has 18 heavy (non-hydrogen) atoms. The second-order valence-corrected chi connectivity index (χ2v) is 5.68. The van der Waals surface area contributed by atoms with E-state index in [0.29, 0.717) is 22.5 Å². The van der Waals surface area contributed by atoms with Gasteiger partial charge < -0.3 is 10.0 Å². The molecule has 0 heterocycles. The summed E-state index contributed by atoms with van der Waals surface area (Å²) in [4.78, 5) is 14.3. The summed E-state index contributed by atoms with van der Waals surface area (Å²) in [6, 6.07) is 4.92. The molecule has 0 bridgehead atoms. The van der Waals surface area contributed by atoms with Crippen LogP contribution in [0.1, 0.15) is 37.0 Å². The zero-order valence-corrected chi connectivity index (χ0v) is 11.4. The molecule has 0 unspecified atom stereocenters. The minimum atomic E-state index is -0.119. The minimum Gasteiger partial charge on any atom is -0.507 e. The second kappa shape index (κ2) is 5.19. The van der Waals surface area contributed by atoms with Crippen LogP contribution in [-0.4, -0.2) is 28.5 Å². The summed E-state index contributed by atoms with van der Waals surface area (Å²) in [7, 11) is 0. The Morgan fingerprint density at radius 1 is 1.50 bits per heavy atom. The molecule has 3 nitrogen and oxygen atoms in total. The Morgan fingerprint density at radius 2 is 2.17 bits per heavy atom. The molecule has 1 aliphatic rings. The highest BCUT2D eigenvalue weighted by molar-refractivity contribution is 6.31. The van der Waals surface area contributed by atoms with Gasteiger partial charge in [0.2, 0.25) is 0 Å². The number of phenols is 1. The number of carbonyl (C=O) groups excluding carboxylic acids is 1. The van der Waals surface area contributed by atoms with Crippen LogP contribution in [0.5, 0.6) is 5.75 Å². The van der Waals surface area contributed by atoms with Gasteiger partial charge >= 0.3 is 0 Å². The fourth-order valence-corrected chi connectivity index (χ4v) is 2.18. The number of carbonyl (C=O) groups is 1. The summed E-state index contributed by atoms with van der Waals surface area (Å²) in [6.45, 7) is 4.89. The molecule has 0 aromatic heterocycles. The molecule has 1 aliphatic carbocycles. The van der Waals surface area contributed by atoms with Crippen molar-refractivity contribution >= 4 is 17.5 Å². The molecule has 98 valence electrons. The minimum absolute atomic E-state index is 0.00111. The number of amides is 1. The molecular formula is C14H18ClNO2. The van der Waals surface area contributed by atoms with Gasteiger partial charge in [0.25, 0.3) is 5.91 Å². The van der Waals surface area contributed by atoms with E-state index >= 15 is 0 Å². The molecule has 1 aromatic carbocycles. The summed E-state index contributed by atoms with van der Waals surface area (Å²) in [5.41, 5.74) is 0.301. The van der Waals surface area contributed by atoms with Crippen molar-refractivity contribution in [3.8, 4) is 5.75 Å². The van der Waals surface area contributed by atoms with E-state index in [9.17, 15) is 9.90 Å². The van der Waals surface area contributed by atoms with E-state index in [1.165, 1.54) is 12.1 Å². The predicted molar refractivity (Wildman–Crippen MR) is 72.0 cm³/mol. The fraction of sp³-hybridized carbons (Fsp3) is 0.500. The lowest BCUT2D eigenvalue weighted by molar-refractivity contribution is 0.0719. The lowest BCUT2D eigenvalue weighted by Crippen LogP contribution is -2.36. The number of aromatic hydroxyl groups is 1. The van der Waals surface area contributed by atoms with Crippen LogP contribution in [-0.2, 0) is 0 Å². The molecule has 4 heteroatoms. The van der Waals surface area contributed by atoms with Crippen LogP contribution >= 0.6 is 11.6 Å². The summed E-state index contributed by atoms with van der Waals surface area (Å²) < 4.78 is 0. The van der Waals surface area contributed by atoms with Gasteiger partial charge in [-0.3, -0.25) is 4.79 Å². The first-order valence-electron chi connectivity index (χ1n) is 6.28. The largest absolute Gasteiger partial charge is 0.507 e. The number of hydrogen-bond donors (Lipinski definition) is 1. The zero-order valence-electron chi connectivity index (χ0n) is 10.7. The fourth-order valence-electron chi connectivity index (χ4n) is 2.01. The van der Waals surface area contributed by atoms with Crippen molar-refractivity contribution in [2.24, 2.45) is 5.92 Å². The lowest BCUT2D eigenvalue weighted by Gasteiger charge is -2.24.